The molecule has 32 heavy (non-hydrogen) atoms. The summed E-state index contributed by atoms with van der Waals surface area (Å²) in [5.74, 6) is 0.0215. The highest BCUT2D eigenvalue weighted by Crippen LogP contribution is 2.32. The van der Waals surface area contributed by atoms with Crippen molar-refractivity contribution in [3.63, 3.8) is 0 Å². The van der Waals surface area contributed by atoms with Crippen molar-refractivity contribution in [2.45, 2.75) is 44.6 Å². The molecule has 1 aromatic heterocycles. The van der Waals surface area contributed by atoms with E-state index in [9.17, 15) is 9.59 Å². The Bertz CT molecular complexity index is 1000. The number of nitrogens with one attached hydrogen (secondary N) is 2. The summed E-state index contributed by atoms with van der Waals surface area (Å²) in [5.41, 5.74) is 3.02. The van der Waals surface area contributed by atoms with Gasteiger partial charge in [-0.2, -0.15) is 5.10 Å². The summed E-state index contributed by atoms with van der Waals surface area (Å²) in [4.78, 5) is 29.0. The number of hydrogen-bond donors (Lipinski definition) is 2. The molecule has 172 valence electrons. The molecule has 5 rings (SSSR count). The van der Waals surface area contributed by atoms with Crippen LogP contribution in [0.15, 0.2) is 18.2 Å². The van der Waals surface area contributed by atoms with Crippen molar-refractivity contribution in [2.24, 2.45) is 13.0 Å². The zero-order valence-electron chi connectivity index (χ0n) is 19.1. The Labute approximate surface area is 189 Å². The minimum Gasteiger partial charge on any atom is -0.369 e. The molecule has 3 fully saturated rings. The number of amides is 2. The number of hydrogen-bond acceptors (Lipinski definition) is 6. The first kappa shape index (κ1) is 21.4. The molecule has 0 radical (unpaired) electrons. The van der Waals surface area contributed by atoms with Gasteiger partial charge in [-0.05, 0) is 63.4 Å². The van der Waals surface area contributed by atoms with Crippen LogP contribution in [0.2, 0.25) is 0 Å². The second-order valence-electron chi connectivity index (χ2n) is 9.57. The van der Waals surface area contributed by atoms with E-state index in [1.807, 2.05) is 11.7 Å². The van der Waals surface area contributed by atoms with Gasteiger partial charge in [0.1, 0.15) is 0 Å². The molecule has 2 aromatic rings. The van der Waals surface area contributed by atoms with E-state index in [0.717, 1.165) is 61.8 Å². The fraction of sp³-hybridized carbons (Fsp3) is 0.625. The summed E-state index contributed by atoms with van der Waals surface area (Å²) in [6.07, 6.45) is 3.46. The fourth-order valence-corrected chi connectivity index (χ4v) is 5.69. The van der Waals surface area contributed by atoms with Crippen molar-refractivity contribution in [3.05, 3.63) is 23.9 Å². The van der Waals surface area contributed by atoms with E-state index in [2.05, 4.69) is 50.7 Å². The molecule has 8 nitrogen and oxygen atoms in total. The highest BCUT2D eigenvalue weighted by Gasteiger charge is 2.32. The van der Waals surface area contributed by atoms with Gasteiger partial charge in [0.25, 0.3) is 0 Å². The van der Waals surface area contributed by atoms with Crippen molar-refractivity contribution in [1.29, 1.82) is 0 Å². The standard InChI is InChI=1S/C24H34N6O2/c1-16(17-7-9-25-10-8-17)29-11-13-30(14-12-29)18-3-4-19-21(15-18)28(2)27-23(19)20-5-6-22(31)26-24(20)32/h3-4,15-17,20,25H,5-14H2,1-2H3,(H,26,31,32)/t16-,20?/m1/s1. The van der Waals surface area contributed by atoms with Crippen molar-refractivity contribution in [2.75, 3.05) is 44.2 Å². The first-order valence-corrected chi connectivity index (χ1v) is 12.0. The molecule has 1 aromatic carbocycles. The van der Waals surface area contributed by atoms with E-state index >= 15 is 0 Å². The van der Waals surface area contributed by atoms with Gasteiger partial charge < -0.3 is 10.2 Å². The third-order valence-electron chi connectivity index (χ3n) is 7.75. The molecule has 8 heteroatoms. The number of benzene rings is 1. The first-order valence-electron chi connectivity index (χ1n) is 12.0. The number of nitrogens with zero attached hydrogens (tertiary/aromatic N) is 4. The molecule has 0 saturated carbocycles. The average Bonchev–Trinajstić information content (AvgIpc) is 3.15. The molecule has 1 unspecified atom stereocenters. The van der Waals surface area contributed by atoms with Gasteiger partial charge in [0.15, 0.2) is 0 Å². The summed E-state index contributed by atoms with van der Waals surface area (Å²) >= 11 is 0. The highest BCUT2D eigenvalue weighted by molar-refractivity contribution is 6.02. The van der Waals surface area contributed by atoms with Crippen LogP contribution in [0.25, 0.3) is 10.9 Å². The molecule has 0 spiro atoms. The molecule has 3 aliphatic rings. The molecule has 2 amide bonds. The predicted octanol–water partition coefficient (Wildman–Crippen LogP) is 1.60. The minimum absolute atomic E-state index is 0.192. The Hall–Kier alpha value is -2.45. The number of piperidine rings is 2. The lowest BCUT2D eigenvalue weighted by atomic mass is 9.90. The van der Waals surface area contributed by atoms with Gasteiger partial charge in [-0.25, -0.2) is 0 Å². The Kier molecular flexibility index (Phi) is 5.90. The number of carbonyl (C=O) groups excluding carboxylic acids is 2. The van der Waals surface area contributed by atoms with Crippen LogP contribution in [0.3, 0.4) is 0 Å². The quantitative estimate of drug-likeness (QED) is 0.706. The van der Waals surface area contributed by atoms with Crippen LogP contribution in [0.1, 0.15) is 44.2 Å². The van der Waals surface area contributed by atoms with E-state index < -0.39 is 0 Å². The normalized spacial score (nSPS) is 24.7. The molecule has 3 saturated heterocycles. The maximum absolute atomic E-state index is 12.4. The van der Waals surface area contributed by atoms with Crippen LogP contribution in [-0.4, -0.2) is 71.8 Å². The third-order valence-corrected chi connectivity index (χ3v) is 7.75. The third kappa shape index (κ3) is 4.01. The first-order chi connectivity index (χ1) is 15.5. The van der Waals surface area contributed by atoms with Crippen molar-refractivity contribution in [3.8, 4) is 0 Å². The SMILES string of the molecule is C[C@H](C1CCNCC1)N1CCN(c2ccc3c(C4CCC(=O)NC4=O)nn(C)c3c2)CC1. The van der Waals surface area contributed by atoms with Crippen molar-refractivity contribution < 1.29 is 9.59 Å². The largest absolute Gasteiger partial charge is 0.369 e. The number of carbonyl (C=O) groups is 2. The molecule has 4 heterocycles. The van der Waals surface area contributed by atoms with Crippen LogP contribution >= 0.6 is 0 Å². The van der Waals surface area contributed by atoms with Crippen LogP contribution in [0, 0.1) is 5.92 Å². The van der Waals surface area contributed by atoms with Crippen molar-refractivity contribution in [1.82, 2.24) is 25.3 Å². The van der Waals surface area contributed by atoms with Gasteiger partial charge in [0, 0.05) is 56.8 Å². The fourth-order valence-electron chi connectivity index (χ4n) is 5.69. The number of rotatable bonds is 4. The molecule has 2 atom stereocenters. The molecular weight excluding hydrogens is 404 g/mol. The van der Waals surface area contributed by atoms with Gasteiger partial charge in [0.2, 0.25) is 11.8 Å². The van der Waals surface area contributed by atoms with Crippen LogP contribution in [0.5, 0.6) is 0 Å². The minimum atomic E-state index is -0.359. The molecule has 3 aliphatic heterocycles. The van der Waals surface area contributed by atoms with E-state index in [4.69, 9.17) is 0 Å². The second kappa shape index (κ2) is 8.83. The molecule has 0 aliphatic carbocycles. The zero-order chi connectivity index (χ0) is 22.2. The topological polar surface area (TPSA) is 82.5 Å². The Morgan fingerprint density at radius 3 is 2.53 bits per heavy atom. The van der Waals surface area contributed by atoms with Gasteiger partial charge in [0.05, 0.1) is 17.1 Å². The van der Waals surface area contributed by atoms with Gasteiger partial charge in [-0.1, -0.05) is 0 Å². The summed E-state index contributed by atoms with van der Waals surface area (Å²) in [6.45, 7) is 8.95. The van der Waals surface area contributed by atoms with E-state index in [1.165, 1.54) is 18.5 Å². The van der Waals surface area contributed by atoms with Gasteiger partial charge in [-0.3, -0.25) is 24.5 Å². The van der Waals surface area contributed by atoms with Crippen LogP contribution < -0.4 is 15.5 Å². The number of aromatic nitrogens is 2. The van der Waals surface area contributed by atoms with E-state index in [-0.39, 0.29) is 17.7 Å². The van der Waals surface area contributed by atoms with Gasteiger partial charge in [-0.15, -0.1) is 0 Å². The molecule has 2 N–H and O–H groups in total. The molecule has 0 bridgehead atoms. The Morgan fingerprint density at radius 1 is 1.06 bits per heavy atom. The summed E-state index contributed by atoms with van der Waals surface area (Å²) < 4.78 is 1.87. The summed E-state index contributed by atoms with van der Waals surface area (Å²) in [6, 6.07) is 7.10. The lowest BCUT2D eigenvalue weighted by Crippen LogP contribution is -2.52. The number of imide groups is 1. The predicted molar refractivity (Wildman–Crippen MR) is 125 cm³/mol. The highest BCUT2D eigenvalue weighted by atomic mass is 16.2. The number of anilines is 1. The van der Waals surface area contributed by atoms with E-state index in [1.54, 1.807) is 0 Å². The second-order valence-corrected chi connectivity index (χ2v) is 9.57. The number of piperazine rings is 1. The lowest BCUT2D eigenvalue weighted by molar-refractivity contribution is -0.134. The number of fused-ring (bicyclic) bond motifs is 1. The zero-order valence-corrected chi connectivity index (χ0v) is 19.1. The smallest absolute Gasteiger partial charge is 0.235 e. The lowest BCUT2D eigenvalue weighted by Gasteiger charge is -2.42. The van der Waals surface area contributed by atoms with Gasteiger partial charge >= 0.3 is 0 Å². The summed E-state index contributed by atoms with van der Waals surface area (Å²) in [5, 5.41) is 11.6. The Balaban J connectivity index is 1.29. The van der Waals surface area contributed by atoms with E-state index in [0.29, 0.717) is 18.9 Å². The van der Waals surface area contributed by atoms with Crippen LogP contribution in [0.4, 0.5) is 5.69 Å². The number of aryl methyl sites for hydroxylation is 1. The summed E-state index contributed by atoms with van der Waals surface area (Å²) in [7, 11) is 1.93. The molecular formula is C24H34N6O2. The maximum Gasteiger partial charge on any atom is 0.235 e. The van der Waals surface area contributed by atoms with Crippen molar-refractivity contribution >= 4 is 28.4 Å². The average molecular weight is 439 g/mol. The maximum atomic E-state index is 12.4. The Morgan fingerprint density at radius 2 is 1.81 bits per heavy atom. The van der Waals surface area contributed by atoms with Crippen LogP contribution in [-0.2, 0) is 16.6 Å². The monoisotopic (exact) mass is 438 g/mol.